The summed E-state index contributed by atoms with van der Waals surface area (Å²) in [5.74, 6) is -3.05. The Kier molecular flexibility index (Phi) is 13.8. The molecule has 0 unspecified atom stereocenters. The Hall–Kier alpha value is -4.85. The first-order valence-electron chi connectivity index (χ1n) is 15.7. The molecule has 0 fully saturated rings. The number of aliphatic hydroxyl groups excluding tert-OH is 1. The van der Waals surface area contributed by atoms with Crippen molar-refractivity contribution in [2.75, 3.05) is 21.3 Å². The van der Waals surface area contributed by atoms with Crippen LogP contribution in [0.4, 0.5) is 4.79 Å². The van der Waals surface area contributed by atoms with Crippen molar-refractivity contribution in [2.45, 2.75) is 65.0 Å². The number of ketones is 2. The summed E-state index contributed by atoms with van der Waals surface area (Å²) in [6, 6.07) is 6.31. The second-order valence-electron chi connectivity index (χ2n) is 12.1. The molecular weight excluding hydrogens is 634 g/mol. The number of carbonyl (C=O) groups excluding carboxylic acids is 5. The van der Waals surface area contributed by atoms with Crippen molar-refractivity contribution in [3.8, 4) is 5.75 Å². The van der Waals surface area contributed by atoms with E-state index < -0.39 is 59.8 Å². The summed E-state index contributed by atoms with van der Waals surface area (Å²) in [4.78, 5) is 65.6. The average molecular weight is 680 g/mol. The number of nitrogens with one attached hydrogen (secondary N) is 2. The molecule has 0 saturated carbocycles. The van der Waals surface area contributed by atoms with Crippen LogP contribution in [-0.2, 0) is 28.6 Å². The fourth-order valence-corrected chi connectivity index (χ4v) is 5.67. The second-order valence-corrected chi connectivity index (χ2v) is 12.1. The molecule has 2 aliphatic rings. The number of ether oxygens (including phenoxy) is 4. The summed E-state index contributed by atoms with van der Waals surface area (Å²) >= 11 is 0. The van der Waals surface area contributed by atoms with Crippen molar-refractivity contribution in [3.05, 3.63) is 88.3 Å². The Morgan fingerprint density at radius 3 is 2.41 bits per heavy atom. The monoisotopic (exact) mass is 679 g/mol. The molecule has 0 radical (unpaired) electrons. The Labute approximate surface area is 285 Å². The molecule has 1 aromatic carbocycles. The first kappa shape index (κ1) is 38.6. The highest BCUT2D eigenvalue weighted by Crippen LogP contribution is 2.29. The molecule has 2 bridgehead atoms. The Bertz CT molecular complexity index is 1610. The van der Waals surface area contributed by atoms with Crippen LogP contribution in [0, 0.1) is 11.8 Å². The number of carbonyl (C=O) groups is 5. The van der Waals surface area contributed by atoms with E-state index in [4.69, 9.17) is 24.7 Å². The number of primary amides is 1. The molecule has 3 amide bonds. The van der Waals surface area contributed by atoms with E-state index in [0.29, 0.717) is 11.3 Å². The molecule has 1 heterocycles. The maximum Gasteiger partial charge on any atom is 0.405 e. The molecule has 1 aliphatic heterocycles. The van der Waals surface area contributed by atoms with Gasteiger partial charge in [0.1, 0.15) is 11.9 Å². The number of benzene rings is 1. The molecule has 13 nitrogen and oxygen atoms in total. The van der Waals surface area contributed by atoms with Gasteiger partial charge in [0.05, 0.1) is 30.7 Å². The highest BCUT2D eigenvalue weighted by atomic mass is 16.6. The number of aliphatic hydroxyl groups is 1. The molecule has 264 valence electrons. The van der Waals surface area contributed by atoms with Gasteiger partial charge < -0.3 is 40.4 Å². The maximum absolute atomic E-state index is 13.9. The van der Waals surface area contributed by atoms with Gasteiger partial charge in [-0.05, 0) is 56.4 Å². The molecule has 13 heteroatoms. The van der Waals surface area contributed by atoms with E-state index in [9.17, 15) is 29.1 Å². The third kappa shape index (κ3) is 10.1. The molecule has 0 saturated heterocycles. The molecule has 3 rings (SSSR count). The quantitative estimate of drug-likeness (QED) is 0.256. The highest BCUT2D eigenvalue weighted by molar-refractivity contribution is 6.24. The smallest absolute Gasteiger partial charge is 0.405 e. The van der Waals surface area contributed by atoms with Gasteiger partial charge in [-0.3, -0.25) is 19.2 Å². The maximum atomic E-state index is 13.9. The minimum absolute atomic E-state index is 0.00292. The lowest BCUT2D eigenvalue weighted by Crippen LogP contribution is -2.38. The molecule has 0 aromatic heterocycles. The van der Waals surface area contributed by atoms with Crippen LogP contribution in [0.5, 0.6) is 5.75 Å². The van der Waals surface area contributed by atoms with Gasteiger partial charge in [-0.1, -0.05) is 44.2 Å². The molecule has 49 heavy (non-hydrogen) atoms. The number of hydrogen-bond donors (Lipinski definition) is 4. The van der Waals surface area contributed by atoms with Gasteiger partial charge in [-0.25, -0.2) is 4.79 Å². The van der Waals surface area contributed by atoms with Crippen molar-refractivity contribution >= 4 is 29.5 Å². The van der Waals surface area contributed by atoms with Gasteiger partial charge in [-0.2, -0.15) is 0 Å². The number of hydrogen-bond acceptors (Lipinski definition) is 10. The number of nitrogens with two attached hydrogens (primary N) is 1. The van der Waals surface area contributed by atoms with Gasteiger partial charge in [-0.15, -0.1) is 0 Å². The molecule has 1 aromatic rings. The Morgan fingerprint density at radius 1 is 1.06 bits per heavy atom. The van der Waals surface area contributed by atoms with Crippen molar-refractivity contribution in [1.29, 1.82) is 0 Å². The predicted octanol–water partition coefficient (Wildman–Crippen LogP) is 3.20. The van der Waals surface area contributed by atoms with Gasteiger partial charge >= 0.3 is 6.09 Å². The van der Waals surface area contributed by atoms with Crippen molar-refractivity contribution in [3.63, 3.8) is 0 Å². The zero-order valence-corrected chi connectivity index (χ0v) is 28.8. The number of rotatable bonds is 6. The SMILES string of the molecule is COc1cccc(C(=O)NC2=C3C[C@@H](C)C[C@H](OC)[C@H](O)[C@@H](C)/C=C(\C)[C@@H](OC(N)=O)[C@@H](OC)/C=C\C=C(/C)C(=O)NC(=CC2=O)C3=O)c1. The molecule has 1 aliphatic carbocycles. The zero-order valence-electron chi connectivity index (χ0n) is 28.8. The van der Waals surface area contributed by atoms with Crippen LogP contribution in [0.2, 0.25) is 0 Å². The van der Waals surface area contributed by atoms with Crippen molar-refractivity contribution < 1.29 is 48.0 Å². The zero-order chi connectivity index (χ0) is 36.4. The summed E-state index contributed by atoms with van der Waals surface area (Å²) in [6.45, 7) is 6.80. The fraction of sp³-hybridized carbons (Fsp3) is 0.417. The normalized spacial score (nSPS) is 28.7. The van der Waals surface area contributed by atoms with Crippen LogP contribution in [0.25, 0.3) is 0 Å². The van der Waals surface area contributed by atoms with Crippen molar-refractivity contribution in [1.82, 2.24) is 10.6 Å². The van der Waals surface area contributed by atoms with E-state index in [-0.39, 0.29) is 46.9 Å². The number of allylic oxidation sites excluding steroid dienone is 4. The molecular formula is C36H45N3O10. The minimum Gasteiger partial charge on any atom is -0.497 e. The van der Waals surface area contributed by atoms with E-state index in [1.54, 1.807) is 38.1 Å². The van der Waals surface area contributed by atoms with Crippen LogP contribution in [-0.4, -0.2) is 80.3 Å². The number of Topliss-reactive ketones (excluding diaryl/α,β-unsaturated/α-hetero) is 1. The van der Waals surface area contributed by atoms with E-state index in [1.165, 1.54) is 52.5 Å². The summed E-state index contributed by atoms with van der Waals surface area (Å²) in [7, 11) is 4.32. The third-order valence-corrected chi connectivity index (χ3v) is 8.36. The Balaban J connectivity index is 2.10. The lowest BCUT2D eigenvalue weighted by atomic mass is 9.85. The minimum atomic E-state index is -1.04. The van der Waals surface area contributed by atoms with Crippen LogP contribution >= 0.6 is 0 Å². The fourth-order valence-electron chi connectivity index (χ4n) is 5.67. The highest BCUT2D eigenvalue weighted by Gasteiger charge is 2.34. The summed E-state index contributed by atoms with van der Waals surface area (Å²) in [5, 5.41) is 16.5. The van der Waals surface area contributed by atoms with Crippen LogP contribution in [0.3, 0.4) is 0 Å². The lowest BCUT2D eigenvalue weighted by molar-refractivity contribution is -0.120. The standard InChI is InChI=1S/C36H45N3O10/c1-19-14-25-30(39-35(44)23-11-9-12-24(17-23)46-5)27(40)18-26(32(25)42)38-34(43)20(2)10-8-13-28(47-6)33(49-36(37)45)22(4)16-21(3)31(41)29(15-19)48-7/h8-13,16-19,21,28-29,31,33,41H,14-15H2,1-7H3,(H2,37,45)(H,38,43)(H,39,44)/b13-8-,20-10+,22-16+/t19-,21+,28+,29+,31-,33-/m1/s1. The van der Waals surface area contributed by atoms with Gasteiger partial charge in [0, 0.05) is 42.9 Å². The number of methoxy groups -OCH3 is 3. The van der Waals surface area contributed by atoms with Crippen LogP contribution in [0.15, 0.2) is 82.8 Å². The topological polar surface area (TPSA) is 193 Å². The lowest BCUT2D eigenvalue weighted by Gasteiger charge is -2.30. The number of fused-ring (bicyclic) bond motifs is 2. The van der Waals surface area contributed by atoms with Crippen molar-refractivity contribution in [2.24, 2.45) is 17.6 Å². The first-order chi connectivity index (χ1) is 23.2. The van der Waals surface area contributed by atoms with E-state index >= 15 is 0 Å². The second kappa shape index (κ2) is 17.5. The van der Waals surface area contributed by atoms with E-state index in [1.807, 2.05) is 6.92 Å². The van der Waals surface area contributed by atoms with E-state index in [0.717, 1.165) is 6.08 Å². The third-order valence-electron chi connectivity index (χ3n) is 8.36. The van der Waals surface area contributed by atoms with Gasteiger partial charge in [0.2, 0.25) is 11.6 Å². The molecule has 6 atom stereocenters. The average Bonchev–Trinajstić information content (AvgIpc) is 3.07. The largest absolute Gasteiger partial charge is 0.497 e. The van der Waals surface area contributed by atoms with Gasteiger partial charge in [0.15, 0.2) is 6.10 Å². The molecule has 0 spiro atoms. The predicted molar refractivity (Wildman–Crippen MR) is 180 cm³/mol. The number of amides is 3. The molecule has 5 N–H and O–H groups in total. The van der Waals surface area contributed by atoms with E-state index in [2.05, 4.69) is 10.6 Å². The van der Waals surface area contributed by atoms with Gasteiger partial charge in [0.25, 0.3) is 11.8 Å². The van der Waals surface area contributed by atoms with Crippen LogP contribution in [0.1, 0.15) is 50.9 Å². The Morgan fingerprint density at radius 2 is 1.78 bits per heavy atom. The summed E-state index contributed by atoms with van der Waals surface area (Å²) in [5.41, 5.74) is 5.82. The van der Waals surface area contributed by atoms with Crippen LogP contribution < -0.4 is 21.1 Å². The first-order valence-corrected chi connectivity index (χ1v) is 15.7. The summed E-state index contributed by atoms with van der Waals surface area (Å²) < 4.78 is 21.8. The summed E-state index contributed by atoms with van der Waals surface area (Å²) in [6.07, 6.45) is 2.92.